The number of hydrogen-bond donors (Lipinski definition) is 2. The lowest BCUT2D eigenvalue weighted by molar-refractivity contribution is 0.613. The van der Waals surface area contributed by atoms with E-state index in [4.69, 9.17) is 23.2 Å². The Kier molecular flexibility index (Phi) is 3.99. The van der Waals surface area contributed by atoms with E-state index in [1.165, 1.54) is 6.07 Å². The first-order chi connectivity index (χ1) is 10.1. The van der Waals surface area contributed by atoms with Crippen molar-refractivity contribution in [3.05, 3.63) is 63.9 Å². The zero-order chi connectivity index (χ0) is 14.8. The van der Waals surface area contributed by atoms with Crippen LogP contribution in [0.2, 0.25) is 5.02 Å². The Balaban J connectivity index is 1.81. The van der Waals surface area contributed by atoms with Gasteiger partial charge in [-0.1, -0.05) is 35.3 Å². The van der Waals surface area contributed by atoms with Gasteiger partial charge in [-0.3, -0.25) is 0 Å². The molecule has 0 bridgehead atoms. The molecule has 0 amide bonds. The summed E-state index contributed by atoms with van der Waals surface area (Å²) in [5.41, 5.74) is 6.08. The molecule has 108 valence electrons. The summed E-state index contributed by atoms with van der Waals surface area (Å²) in [5.74, 6) is -0.322. The first-order valence-electron chi connectivity index (χ1n) is 6.41. The Morgan fingerprint density at radius 1 is 1.24 bits per heavy atom. The fourth-order valence-corrected chi connectivity index (χ4v) is 2.64. The van der Waals surface area contributed by atoms with Crippen molar-refractivity contribution in [1.82, 2.24) is 5.43 Å². The van der Waals surface area contributed by atoms with Crippen LogP contribution < -0.4 is 10.7 Å². The average Bonchev–Trinajstić information content (AvgIpc) is 2.47. The normalized spacial score (nSPS) is 13.2. The highest BCUT2D eigenvalue weighted by Crippen LogP contribution is 2.23. The minimum Gasteiger partial charge on any atom is -0.381 e. The molecule has 3 rings (SSSR count). The van der Waals surface area contributed by atoms with Crippen molar-refractivity contribution in [3.63, 3.8) is 0 Å². The summed E-state index contributed by atoms with van der Waals surface area (Å²) in [4.78, 5) is 0. The van der Waals surface area contributed by atoms with Crippen molar-refractivity contribution in [2.24, 2.45) is 5.10 Å². The Morgan fingerprint density at radius 3 is 2.90 bits per heavy atom. The van der Waals surface area contributed by atoms with Gasteiger partial charge in [0.2, 0.25) is 0 Å². The monoisotopic (exact) mass is 323 g/mol. The van der Waals surface area contributed by atoms with Crippen LogP contribution >= 0.6 is 23.2 Å². The highest BCUT2D eigenvalue weighted by atomic mass is 35.5. The number of rotatable bonds is 3. The minimum atomic E-state index is -0.322. The number of fused-ring (bicyclic) bond motifs is 1. The fourth-order valence-electron chi connectivity index (χ4n) is 2.18. The third kappa shape index (κ3) is 2.96. The van der Waals surface area contributed by atoms with E-state index in [1.54, 1.807) is 12.1 Å². The highest BCUT2D eigenvalue weighted by Gasteiger charge is 2.13. The predicted molar refractivity (Wildman–Crippen MR) is 84.4 cm³/mol. The molecular weight excluding hydrogens is 312 g/mol. The summed E-state index contributed by atoms with van der Waals surface area (Å²) < 4.78 is 13.7. The van der Waals surface area contributed by atoms with E-state index in [0.717, 1.165) is 16.8 Å². The summed E-state index contributed by atoms with van der Waals surface area (Å²) in [7, 11) is 0. The lowest BCUT2D eigenvalue weighted by Crippen LogP contribution is -2.17. The molecule has 0 spiro atoms. The molecule has 3 nitrogen and oxygen atoms in total. The maximum atomic E-state index is 13.7. The Bertz CT molecular complexity index is 696. The number of anilines is 1. The predicted octanol–water partition coefficient (Wildman–Crippen LogP) is 4.09. The number of hydrogen-bond acceptors (Lipinski definition) is 3. The van der Waals surface area contributed by atoms with E-state index in [1.807, 2.05) is 18.2 Å². The van der Waals surface area contributed by atoms with Crippen molar-refractivity contribution in [2.45, 2.75) is 13.1 Å². The molecule has 0 radical (unpaired) electrons. The zero-order valence-electron chi connectivity index (χ0n) is 11.0. The third-order valence-corrected chi connectivity index (χ3v) is 3.95. The molecule has 2 aromatic rings. The van der Waals surface area contributed by atoms with Crippen LogP contribution in [0.15, 0.2) is 41.5 Å². The van der Waals surface area contributed by atoms with Crippen LogP contribution in [0, 0.1) is 5.82 Å². The molecule has 6 heteroatoms. The quantitative estimate of drug-likeness (QED) is 0.892. The minimum absolute atomic E-state index is 0.303. The molecule has 0 aliphatic carbocycles. The SMILES string of the molecule is Fc1cccc(Cl)c1CNc1ccc2c(c1)C(Cl)=NNC2. The highest BCUT2D eigenvalue weighted by molar-refractivity contribution is 6.69. The third-order valence-electron chi connectivity index (χ3n) is 3.31. The first kappa shape index (κ1) is 14.2. The van der Waals surface area contributed by atoms with Gasteiger partial charge in [0, 0.05) is 28.4 Å². The molecular formula is C15H12Cl2FN3. The van der Waals surface area contributed by atoms with E-state index in [2.05, 4.69) is 15.8 Å². The summed E-state index contributed by atoms with van der Waals surface area (Å²) in [6, 6.07) is 10.4. The van der Waals surface area contributed by atoms with Gasteiger partial charge in [-0.2, -0.15) is 5.10 Å². The summed E-state index contributed by atoms with van der Waals surface area (Å²) in [5, 5.41) is 7.96. The standard InChI is InChI=1S/C15H12Cl2FN3/c16-13-2-1-3-14(18)12(13)8-19-10-5-4-9-7-20-21-15(17)11(9)6-10/h1-6,19-20H,7-8H2. The zero-order valence-corrected chi connectivity index (χ0v) is 12.5. The second-order valence-corrected chi connectivity index (χ2v) is 5.43. The van der Waals surface area contributed by atoms with E-state index >= 15 is 0 Å². The van der Waals surface area contributed by atoms with Crippen LogP contribution in [0.25, 0.3) is 0 Å². The smallest absolute Gasteiger partial charge is 0.156 e. The lowest BCUT2D eigenvalue weighted by atomic mass is 10.1. The maximum absolute atomic E-state index is 13.7. The average molecular weight is 324 g/mol. The second-order valence-electron chi connectivity index (χ2n) is 4.66. The Morgan fingerprint density at radius 2 is 2.10 bits per heavy atom. The van der Waals surface area contributed by atoms with Gasteiger partial charge in [0.1, 0.15) is 5.82 Å². The molecule has 2 N–H and O–H groups in total. The molecule has 0 unspecified atom stereocenters. The second kappa shape index (κ2) is 5.92. The summed E-state index contributed by atoms with van der Waals surface area (Å²) >= 11 is 12.1. The first-order valence-corrected chi connectivity index (χ1v) is 7.17. The van der Waals surface area contributed by atoms with E-state index < -0.39 is 0 Å². The summed E-state index contributed by atoms with van der Waals surface area (Å²) in [6.45, 7) is 0.947. The molecule has 1 aliphatic rings. The van der Waals surface area contributed by atoms with Crippen molar-refractivity contribution < 1.29 is 4.39 Å². The molecule has 1 aliphatic heterocycles. The molecule has 1 heterocycles. The van der Waals surface area contributed by atoms with Crippen LogP contribution in [0.5, 0.6) is 0 Å². The lowest BCUT2D eigenvalue weighted by Gasteiger charge is -2.16. The van der Waals surface area contributed by atoms with E-state index in [9.17, 15) is 4.39 Å². The van der Waals surface area contributed by atoms with Crippen molar-refractivity contribution in [1.29, 1.82) is 0 Å². The van der Waals surface area contributed by atoms with Crippen molar-refractivity contribution >= 4 is 34.1 Å². The van der Waals surface area contributed by atoms with Crippen LogP contribution in [-0.2, 0) is 13.1 Å². The van der Waals surface area contributed by atoms with Crippen LogP contribution in [0.1, 0.15) is 16.7 Å². The molecule has 0 saturated heterocycles. The molecule has 0 saturated carbocycles. The summed E-state index contributed by atoms with van der Waals surface area (Å²) in [6.07, 6.45) is 0. The largest absolute Gasteiger partial charge is 0.381 e. The van der Waals surface area contributed by atoms with Crippen molar-refractivity contribution in [2.75, 3.05) is 5.32 Å². The Hall–Kier alpha value is -1.78. The van der Waals surface area contributed by atoms with Gasteiger partial charge in [0.15, 0.2) is 5.17 Å². The van der Waals surface area contributed by atoms with Gasteiger partial charge in [-0.15, -0.1) is 0 Å². The van der Waals surface area contributed by atoms with Gasteiger partial charge in [0.25, 0.3) is 0 Å². The number of hydrazone groups is 1. The fraction of sp³-hybridized carbons (Fsp3) is 0.133. The van der Waals surface area contributed by atoms with Gasteiger partial charge in [0.05, 0.1) is 6.54 Å². The van der Waals surface area contributed by atoms with Crippen molar-refractivity contribution in [3.8, 4) is 0 Å². The number of nitrogens with zero attached hydrogens (tertiary/aromatic N) is 1. The van der Waals surface area contributed by atoms with E-state index in [0.29, 0.717) is 28.8 Å². The number of halogens is 3. The van der Waals surface area contributed by atoms with Gasteiger partial charge < -0.3 is 10.7 Å². The molecule has 21 heavy (non-hydrogen) atoms. The van der Waals surface area contributed by atoms with E-state index in [-0.39, 0.29) is 5.82 Å². The molecule has 0 atom stereocenters. The number of nitrogens with one attached hydrogen (secondary N) is 2. The van der Waals surface area contributed by atoms with Gasteiger partial charge >= 0.3 is 0 Å². The Labute approximate surface area is 131 Å². The van der Waals surface area contributed by atoms with Gasteiger partial charge in [-0.05, 0) is 29.8 Å². The van der Waals surface area contributed by atoms with Crippen LogP contribution in [-0.4, -0.2) is 5.17 Å². The van der Waals surface area contributed by atoms with Gasteiger partial charge in [-0.25, -0.2) is 4.39 Å². The molecule has 0 aromatic heterocycles. The molecule has 2 aromatic carbocycles. The topological polar surface area (TPSA) is 36.4 Å². The van der Waals surface area contributed by atoms with Crippen LogP contribution in [0.3, 0.4) is 0 Å². The maximum Gasteiger partial charge on any atom is 0.156 e. The number of benzene rings is 2. The molecule has 0 fully saturated rings. The van der Waals surface area contributed by atoms with Crippen LogP contribution in [0.4, 0.5) is 10.1 Å².